The third kappa shape index (κ3) is 3.44. The first-order valence-corrected chi connectivity index (χ1v) is 7.86. The first kappa shape index (κ1) is 17.2. The van der Waals surface area contributed by atoms with Crippen molar-refractivity contribution in [2.75, 3.05) is 13.1 Å². The van der Waals surface area contributed by atoms with Gasteiger partial charge in [0.05, 0.1) is 0 Å². The van der Waals surface area contributed by atoms with E-state index in [9.17, 15) is 9.18 Å². The van der Waals surface area contributed by atoms with Gasteiger partial charge in [0.2, 0.25) is 5.91 Å². The minimum atomic E-state index is -0.226. The van der Waals surface area contributed by atoms with E-state index in [2.05, 4.69) is 6.92 Å². The summed E-state index contributed by atoms with van der Waals surface area (Å²) in [5, 5.41) is 0. The molecule has 1 saturated heterocycles. The summed E-state index contributed by atoms with van der Waals surface area (Å²) in [4.78, 5) is 14.7. The second-order valence-electron chi connectivity index (χ2n) is 6.55. The Kier molecular flexibility index (Phi) is 5.45. The van der Waals surface area contributed by atoms with E-state index in [0.29, 0.717) is 12.5 Å². The van der Waals surface area contributed by atoms with Crippen LogP contribution in [0.3, 0.4) is 0 Å². The van der Waals surface area contributed by atoms with Crippen molar-refractivity contribution in [1.82, 2.24) is 4.90 Å². The van der Waals surface area contributed by atoms with E-state index < -0.39 is 0 Å². The Bertz CT molecular complexity index is 522. The van der Waals surface area contributed by atoms with Crippen molar-refractivity contribution in [2.45, 2.75) is 38.1 Å². The van der Waals surface area contributed by atoms with Crippen LogP contribution < -0.4 is 5.73 Å². The molecule has 1 saturated carbocycles. The fourth-order valence-corrected chi connectivity index (χ4v) is 3.52. The van der Waals surface area contributed by atoms with Gasteiger partial charge in [-0.1, -0.05) is 19.1 Å². The summed E-state index contributed by atoms with van der Waals surface area (Å²) in [6.45, 7) is 3.60. The van der Waals surface area contributed by atoms with Crippen molar-refractivity contribution >= 4 is 18.3 Å². The van der Waals surface area contributed by atoms with Crippen LogP contribution >= 0.6 is 12.4 Å². The van der Waals surface area contributed by atoms with Gasteiger partial charge in [-0.2, -0.15) is 0 Å². The van der Waals surface area contributed by atoms with E-state index >= 15 is 0 Å². The van der Waals surface area contributed by atoms with Crippen LogP contribution in [0.4, 0.5) is 4.39 Å². The lowest BCUT2D eigenvalue weighted by molar-refractivity contribution is -0.136. The minimum Gasteiger partial charge on any atom is -0.338 e. The van der Waals surface area contributed by atoms with E-state index in [1.165, 1.54) is 12.1 Å². The Hall–Kier alpha value is -1.13. The van der Waals surface area contributed by atoms with Gasteiger partial charge in [0.25, 0.3) is 0 Å². The molecule has 122 valence electrons. The van der Waals surface area contributed by atoms with E-state index in [1.807, 2.05) is 4.90 Å². The SMILES string of the molecule is CC1CCN(C(=O)C2CC2c2ccc(F)cc2)C(CN)C1.Cl. The van der Waals surface area contributed by atoms with Crippen molar-refractivity contribution in [1.29, 1.82) is 0 Å². The standard InChI is InChI=1S/C17H23FN2O.ClH/c1-11-6-7-20(14(8-11)10-19)17(21)16-9-15(16)12-2-4-13(18)5-3-12;/h2-5,11,14-16H,6-10,19H2,1H3;1H. The minimum absolute atomic E-state index is 0. The van der Waals surface area contributed by atoms with Gasteiger partial charge in [-0.05, 0) is 48.8 Å². The van der Waals surface area contributed by atoms with Gasteiger partial charge in [0, 0.05) is 25.0 Å². The Morgan fingerprint density at radius 3 is 2.64 bits per heavy atom. The number of nitrogens with two attached hydrogens (primary N) is 1. The molecule has 4 atom stereocenters. The number of hydrogen-bond donors (Lipinski definition) is 1. The second kappa shape index (κ2) is 6.97. The lowest BCUT2D eigenvalue weighted by Crippen LogP contribution is -2.49. The first-order chi connectivity index (χ1) is 10.1. The zero-order valence-corrected chi connectivity index (χ0v) is 13.7. The molecule has 5 heteroatoms. The zero-order chi connectivity index (χ0) is 15.0. The number of carbonyl (C=O) groups excluding carboxylic acids is 1. The third-order valence-electron chi connectivity index (χ3n) is 4.94. The largest absolute Gasteiger partial charge is 0.338 e. The third-order valence-corrected chi connectivity index (χ3v) is 4.94. The molecule has 1 aromatic carbocycles. The number of halogens is 2. The first-order valence-electron chi connectivity index (χ1n) is 7.86. The molecule has 2 fully saturated rings. The highest BCUT2D eigenvalue weighted by atomic mass is 35.5. The van der Waals surface area contributed by atoms with Gasteiger partial charge in [0.15, 0.2) is 0 Å². The molecule has 0 spiro atoms. The van der Waals surface area contributed by atoms with Crippen molar-refractivity contribution in [2.24, 2.45) is 17.6 Å². The molecule has 1 aliphatic heterocycles. The highest BCUT2D eigenvalue weighted by Gasteiger charge is 2.47. The zero-order valence-electron chi connectivity index (χ0n) is 12.9. The number of piperidine rings is 1. The highest BCUT2D eigenvalue weighted by Crippen LogP contribution is 2.49. The van der Waals surface area contributed by atoms with E-state index in [0.717, 1.165) is 31.4 Å². The van der Waals surface area contributed by atoms with Crippen molar-refractivity contribution in [3.8, 4) is 0 Å². The Labute approximate surface area is 137 Å². The molecule has 0 aromatic heterocycles. The molecule has 22 heavy (non-hydrogen) atoms. The van der Waals surface area contributed by atoms with Crippen LogP contribution in [-0.2, 0) is 4.79 Å². The van der Waals surface area contributed by atoms with Gasteiger partial charge in [-0.25, -0.2) is 4.39 Å². The molecule has 2 N–H and O–H groups in total. The van der Waals surface area contributed by atoms with Gasteiger partial charge in [-0.15, -0.1) is 12.4 Å². The van der Waals surface area contributed by atoms with Crippen molar-refractivity contribution < 1.29 is 9.18 Å². The van der Waals surface area contributed by atoms with Crippen molar-refractivity contribution in [3.63, 3.8) is 0 Å². The fraction of sp³-hybridized carbons (Fsp3) is 0.588. The smallest absolute Gasteiger partial charge is 0.226 e. The molecule has 1 amide bonds. The quantitative estimate of drug-likeness (QED) is 0.928. The molecule has 1 heterocycles. The normalized spacial score (nSPS) is 30.6. The molecule has 4 unspecified atom stereocenters. The molecule has 1 aliphatic carbocycles. The van der Waals surface area contributed by atoms with Crippen LogP contribution in [-0.4, -0.2) is 29.9 Å². The molecule has 0 radical (unpaired) electrons. The number of nitrogens with zero attached hydrogens (tertiary/aromatic N) is 1. The molecule has 3 rings (SSSR count). The predicted molar refractivity (Wildman–Crippen MR) is 87.4 cm³/mol. The van der Waals surface area contributed by atoms with Crippen LogP contribution in [0.5, 0.6) is 0 Å². The Balaban J connectivity index is 0.00000176. The Morgan fingerprint density at radius 1 is 1.32 bits per heavy atom. The van der Waals surface area contributed by atoms with Crippen LogP contribution in [0.1, 0.15) is 37.7 Å². The Morgan fingerprint density at radius 2 is 2.00 bits per heavy atom. The highest BCUT2D eigenvalue weighted by molar-refractivity contribution is 5.85. The summed E-state index contributed by atoms with van der Waals surface area (Å²) in [6.07, 6.45) is 2.96. The molecule has 0 bridgehead atoms. The predicted octanol–water partition coefficient (Wildman–Crippen LogP) is 2.94. The molecule has 2 aliphatic rings. The van der Waals surface area contributed by atoms with Gasteiger partial charge >= 0.3 is 0 Å². The maximum Gasteiger partial charge on any atom is 0.226 e. The number of amides is 1. The van der Waals surface area contributed by atoms with Gasteiger partial charge in [0.1, 0.15) is 5.82 Å². The monoisotopic (exact) mass is 326 g/mol. The summed E-state index contributed by atoms with van der Waals surface area (Å²) in [6, 6.07) is 6.73. The summed E-state index contributed by atoms with van der Waals surface area (Å²) < 4.78 is 13.0. The lowest BCUT2D eigenvalue weighted by atomic mass is 9.92. The number of carbonyl (C=O) groups is 1. The van der Waals surface area contributed by atoms with Gasteiger partial charge < -0.3 is 10.6 Å². The molecule has 3 nitrogen and oxygen atoms in total. The maximum atomic E-state index is 13.0. The fourth-order valence-electron chi connectivity index (χ4n) is 3.52. The summed E-state index contributed by atoms with van der Waals surface area (Å²) in [5.41, 5.74) is 6.91. The second-order valence-corrected chi connectivity index (χ2v) is 6.55. The number of benzene rings is 1. The van der Waals surface area contributed by atoms with E-state index in [-0.39, 0.29) is 42.0 Å². The van der Waals surface area contributed by atoms with E-state index in [4.69, 9.17) is 5.73 Å². The molecular weight excluding hydrogens is 303 g/mol. The maximum absolute atomic E-state index is 13.0. The average Bonchev–Trinajstić information content (AvgIpc) is 3.27. The molecule has 1 aromatic rings. The van der Waals surface area contributed by atoms with Crippen LogP contribution in [0.25, 0.3) is 0 Å². The van der Waals surface area contributed by atoms with E-state index in [1.54, 1.807) is 12.1 Å². The number of likely N-dealkylation sites (tertiary alicyclic amines) is 1. The van der Waals surface area contributed by atoms with Crippen LogP contribution in [0, 0.1) is 17.7 Å². The summed E-state index contributed by atoms with van der Waals surface area (Å²) in [7, 11) is 0. The average molecular weight is 327 g/mol. The van der Waals surface area contributed by atoms with Gasteiger partial charge in [-0.3, -0.25) is 4.79 Å². The summed E-state index contributed by atoms with van der Waals surface area (Å²) in [5.74, 6) is 0.991. The topological polar surface area (TPSA) is 46.3 Å². The molecular formula is C17H24ClFN2O. The van der Waals surface area contributed by atoms with Crippen LogP contribution in [0.15, 0.2) is 24.3 Å². The number of rotatable bonds is 3. The lowest BCUT2D eigenvalue weighted by Gasteiger charge is -2.38. The summed E-state index contributed by atoms with van der Waals surface area (Å²) >= 11 is 0. The van der Waals surface area contributed by atoms with Crippen molar-refractivity contribution in [3.05, 3.63) is 35.6 Å². The van der Waals surface area contributed by atoms with Crippen LogP contribution in [0.2, 0.25) is 0 Å². The number of hydrogen-bond acceptors (Lipinski definition) is 2.